The molecule has 6 rings (SSSR count). The smallest absolute Gasteiger partial charge is 0.0644 e. The molecule has 0 aliphatic rings. The molecule has 3 heteroatoms. The number of hydrogen-bond donors (Lipinski definition) is 2. The summed E-state index contributed by atoms with van der Waals surface area (Å²) in [5.41, 5.74) is 7.66. The fraction of sp³-hybridized carbons (Fsp3) is 0. The summed E-state index contributed by atoms with van der Waals surface area (Å²) in [6.07, 6.45) is 0. The molecule has 33 heavy (non-hydrogen) atoms. The van der Waals surface area contributed by atoms with Crippen molar-refractivity contribution < 1.29 is 0 Å². The van der Waals surface area contributed by atoms with Crippen LogP contribution in [0.3, 0.4) is 0 Å². The molecule has 6 aromatic rings. The highest BCUT2D eigenvalue weighted by molar-refractivity contribution is 6.09. The number of fused-ring (bicyclic) bond motifs is 3. The van der Waals surface area contributed by atoms with Gasteiger partial charge in [0, 0.05) is 27.8 Å². The quantitative estimate of drug-likeness (QED) is 0.291. The van der Waals surface area contributed by atoms with E-state index < -0.39 is 0 Å². The van der Waals surface area contributed by atoms with Gasteiger partial charge >= 0.3 is 0 Å². The van der Waals surface area contributed by atoms with Crippen LogP contribution in [-0.4, -0.2) is 4.57 Å². The van der Waals surface area contributed by atoms with Crippen LogP contribution in [0.25, 0.3) is 27.5 Å². The van der Waals surface area contributed by atoms with Crippen LogP contribution in [0.2, 0.25) is 0 Å². The molecule has 0 spiro atoms. The van der Waals surface area contributed by atoms with Crippen molar-refractivity contribution in [3.05, 3.63) is 127 Å². The predicted octanol–water partition coefficient (Wildman–Crippen LogP) is 8.27. The lowest BCUT2D eigenvalue weighted by molar-refractivity contribution is 1.18. The normalized spacial score (nSPS) is 11.0. The second kappa shape index (κ2) is 8.21. The van der Waals surface area contributed by atoms with Gasteiger partial charge in [-0.1, -0.05) is 72.8 Å². The molecular weight excluding hydrogens is 402 g/mol. The molecular formula is C30H23N3. The van der Waals surface area contributed by atoms with Crippen molar-refractivity contribution in [1.29, 1.82) is 0 Å². The maximum Gasteiger partial charge on any atom is 0.0644 e. The average molecular weight is 426 g/mol. The van der Waals surface area contributed by atoms with Gasteiger partial charge < -0.3 is 15.2 Å². The largest absolute Gasteiger partial charge is 0.354 e. The molecule has 0 amide bonds. The number of aromatic nitrogens is 1. The van der Waals surface area contributed by atoms with E-state index in [0.717, 1.165) is 28.4 Å². The summed E-state index contributed by atoms with van der Waals surface area (Å²) in [5, 5.41) is 9.71. The summed E-state index contributed by atoms with van der Waals surface area (Å²) < 4.78 is 2.34. The van der Waals surface area contributed by atoms with Gasteiger partial charge in [0.25, 0.3) is 0 Å². The van der Waals surface area contributed by atoms with Crippen molar-refractivity contribution in [3.8, 4) is 5.69 Å². The van der Waals surface area contributed by atoms with Gasteiger partial charge in [-0.05, 0) is 54.6 Å². The summed E-state index contributed by atoms with van der Waals surface area (Å²) in [4.78, 5) is 0. The van der Waals surface area contributed by atoms with Gasteiger partial charge in [-0.3, -0.25) is 0 Å². The summed E-state index contributed by atoms with van der Waals surface area (Å²) >= 11 is 0. The topological polar surface area (TPSA) is 29.0 Å². The summed E-state index contributed by atoms with van der Waals surface area (Å²) in [6.45, 7) is 0. The number of benzene rings is 5. The molecule has 0 bridgehead atoms. The zero-order valence-electron chi connectivity index (χ0n) is 18.1. The molecule has 0 radical (unpaired) electrons. The van der Waals surface area contributed by atoms with Gasteiger partial charge in [-0.15, -0.1) is 0 Å². The number of nitrogens with one attached hydrogen (secondary N) is 2. The van der Waals surface area contributed by atoms with Gasteiger partial charge in [0.05, 0.1) is 22.4 Å². The van der Waals surface area contributed by atoms with E-state index in [2.05, 4.69) is 106 Å². The second-order valence-corrected chi connectivity index (χ2v) is 8.08. The molecule has 158 valence electrons. The number of nitrogens with zero attached hydrogens (tertiary/aromatic N) is 1. The molecule has 0 saturated carbocycles. The number of anilines is 4. The van der Waals surface area contributed by atoms with Crippen molar-refractivity contribution in [2.75, 3.05) is 10.6 Å². The highest BCUT2D eigenvalue weighted by Crippen LogP contribution is 2.35. The van der Waals surface area contributed by atoms with E-state index >= 15 is 0 Å². The monoisotopic (exact) mass is 425 g/mol. The highest BCUT2D eigenvalue weighted by Gasteiger charge is 2.13. The molecule has 1 aromatic heterocycles. The maximum absolute atomic E-state index is 3.62. The van der Waals surface area contributed by atoms with Crippen molar-refractivity contribution in [2.24, 2.45) is 0 Å². The van der Waals surface area contributed by atoms with Crippen molar-refractivity contribution in [3.63, 3.8) is 0 Å². The highest BCUT2D eigenvalue weighted by atomic mass is 15.0. The van der Waals surface area contributed by atoms with Gasteiger partial charge in [0.2, 0.25) is 0 Å². The molecule has 0 fully saturated rings. The Balaban J connectivity index is 1.53. The summed E-state index contributed by atoms with van der Waals surface area (Å²) in [7, 11) is 0. The fourth-order valence-electron chi connectivity index (χ4n) is 4.44. The number of hydrogen-bond acceptors (Lipinski definition) is 2. The first kappa shape index (κ1) is 19.2. The van der Waals surface area contributed by atoms with E-state index in [0.29, 0.717) is 0 Å². The minimum atomic E-state index is 1.02. The van der Waals surface area contributed by atoms with Crippen molar-refractivity contribution in [1.82, 2.24) is 4.57 Å². The molecule has 0 aliphatic carbocycles. The van der Waals surface area contributed by atoms with Crippen LogP contribution in [0.5, 0.6) is 0 Å². The van der Waals surface area contributed by atoms with Crippen LogP contribution in [0.15, 0.2) is 127 Å². The van der Waals surface area contributed by atoms with Crippen molar-refractivity contribution in [2.45, 2.75) is 0 Å². The first-order valence-corrected chi connectivity index (χ1v) is 11.1. The van der Waals surface area contributed by atoms with Crippen LogP contribution < -0.4 is 10.6 Å². The Morgan fingerprint density at radius 2 is 0.909 bits per heavy atom. The lowest BCUT2D eigenvalue weighted by Gasteiger charge is -2.17. The minimum absolute atomic E-state index is 1.02. The number of para-hydroxylation sites is 4. The third-order valence-electron chi connectivity index (χ3n) is 5.95. The third kappa shape index (κ3) is 3.60. The second-order valence-electron chi connectivity index (χ2n) is 8.08. The Bertz CT molecular complexity index is 1500. The van der Waals surface area contributed by atoms with Crippen LogP contribution in [0, 0.1) is 0 Å². The number of rotatable bonds is 5. The van der Waals surface area contributed by atoms with Crippen LogP contribution in [0.4, 0.5) is 22.7 Å². The summed E-state index contributed by atoms with van der Waals surface area (Å²) in [5.74, 6) is 0. The standard InChI is InChI=1S/C30H23N3/c1-3-11-22(12-4-1)31-27-20-19-24(21-28(27)32-23-13-5-2-6-14-23)33-29-17-9-7-15-25(29)26-16-8-10-18-30(26)33/h1-21,31-32H. The molecule has 1 heterocycles. The van der Waals surface area contributed by atoms with E-state index in [1.54, 1.807) is 0 Å². The Morgan fingerprint density at radius 3 is 1.48 bits per heavy atom. The molecule has 2 N–H and O–H groups in total. The Kier molecular flexibility index (Phi) is 4.78. The van der Waals surface area contributed by atoms with E-state index in [1.165, 1.54) is 21.8 Å². The van der Waals surface area contributed by atoms with E-state index in [-0.39, 0.29) is 0 Å². The average Bonchev–Trinajstić information content (AvgIpc) is 3.21. The van der Waals surface area contributed by atoms with Crippen LogP contribution >= 0.6 is 0 Å². The molecule has 0 saturated heterocycles. The first-order valence-electron chi connectivity index (χ1n) is 11.1. The van der Waals surface area contributed by atoms with E-state index in [4.69, 9.17) is 0 Å². The molecule has 3 nitrogen and oxygen atoms in total. The zero-order chi connectivity index (χ0) is 22.0. The van der Waals surface area contributed by atoms with Gasteiger partial charge in [-0.2, -0.15) is 0 Å². The Hall–Kier alpha value is -4.50. The zero-order valence-corrected chi connectivity index (χ0v) is 18.1. The molecule has 5 aromatic carbocycles. The van der Waals surface area contributed by atoms with E-state index in [9.17, 15) is 0 Å². The molecule has 0 aliphatic heterocycles. The lowest BCUT2D eigenvalue weighted by Crippen LogP contribution is -2.01. The third-order valence-corrected chi connectivity index (χ3v) is 5.95. The maximum atomic E-state index is 3.62. The van der Waals surface area contributed by atoms with Gasteiger partial charge in [0.15, 0.2) is 0 Å². The predicted molar refractivity (Wildman–Crippen MR) is 140 cm³/mol. The summed E-state index contributed by atoms with van der Waals surface area (Å²) in [6, 6.07) is 44.3. The van der Waals surface area contributed by atoms with E-state index in [1.807, 2.05) is 36.4 Å². The lowest BCUT2D eigenvalue weighted by atomic mass is 10.2. The SMILES string of the molecule is c1ccc(Nc2ccc(-n3c4ccccc4c4ccccc43)cc2Nc2ccccc2)cc1. The fourth-order valence-corrected chi connectivity index (χ4v) is 4.44. The molecule has 0 atom stereocenters. The van der Waals surface area contributed by atoms with Crippen LogP contribution in [-0.2, 0) is 0 Å². The van der Waals surface area contributed by atoms with Gasteiger partial charge in [0.1, 0.15) is 0 Å². The Morgan fingerprint density at radius 1 is 0.424 bits per heavy atom. The van der Waals surface area contributed by atoms with Crippen LogP contribution in [0.1, 0.15) is 0 Å². The molecule has 0 unspecified atom stereocenters. The Labute approximate surface area is 192 Å². The van der Waals surface area contributed by atoms with Gasteiger partial charge in [-0.25, -0.2) is 0 Å². The minimum Gasteiger partial charge on any atom is -0.354 e. The first-order chi connectivity index (χ1) is 16.4. The van der Waals surface area contributed by atoms with Crippen molar-refractivity contribution >= 4 is 44.6 Å².